The Balaban J connectivity index is 2.49. The molecule has 1 unspecified atom stereocenters. The molecule has 0 bridgehead atoms. The number of hydrogen-bond acceptors (Lipinski definition) is 4. The number of benzene rings is 1. The first kappa shape index (κ1) is 11.7. The number of aryl methyl sites for hydroxylation is 1. The molecule has 2 rings (SSSR count). The summed E-state index contributed by atoms with van der Waals surface area (Å²) in [5.74, 6) is 0.357. The Kier molecular flexibility index (Phi) is 3.14. The molecule has 1 aromatic carbocycles. The molecular formula is C11H14FN5. The molecule has 0 radical (unpaired) electrons. The van der Waals surface area contributed by atoms with Gasteiger partial charge in [0, 0.05) is 0 Å². The van der Waals surface area contributed by atoms with Crippen molar-refractivity contribution in [2.24, 2.45) is 0 Å². The van der Waals surface area contributed by atoms with Gasteiger partial charge in [0.25, 0.3) is 0 Å². The van der Waals surface area contributed by atoms with E-state index in [0.717, 1.165) is 5.56 Å². The predicted molar refractivity (Wildman–Crippen MR) is 61.3 cm³/mol. The van der Waals surface area contributed by atoms with E-state index in [0.29, 0.717) is 11.5 Å². The van der Waals surface area contributed by atoms with Gasteiger partial charge < -0.3 is 5.32 Å². The summed E-state index contributed by atoms with van der Waals surface area (Å²) in [5, 5.41) is 14.5. The largest absolute Gasteiger partial charge is 0.311 e. The van der Waals surface area contributed by atoms with Crippen molar-refractivity contribution in [3.8, 4) is 5.69 Å². The lowest BCUT2D eigenvalue weighted by Crippen LogP contribution is -2.18. The highest BCUT2D eigenvalue weighted by Gasteiger charge is 2.14. The van der Waals surface area contributed by atoms with Crippen LogP contribution < -0.4 is 5.32 Å². The molecule has 0 aliphatic heterocycles. The van der Waals surface area contributed by atoms with Crippen molar-refractivity contribution >= 4 is 0 Å². The molecule has 0 saturated carbocycles. The van der Waals surface area contributed by atoms with E-state index in [-0.39, 0.29) is 11.9 Å². The van der Waals surface area contributed by atoms with Crippen LogP contribution in [0.25, 0.3) is 5.69 Å². The van der Waals surface area contributed by atoms with Gasteiger partial charge in [0.15, 0.2) is 5.82 Å². The van der Waals surface area contributed by atoms with E-state index < -0.39 is 0 Å². The molecule has 17 heavy (non-hydrogen) atoms. The second kappa shape index (κ2) is 4.58. The van der Waals surface area contributed by atoms with Crippen LogP contribution in [0.15, 0.2) is 18.2 Å². The van der Waals surface area contributed by atoms with Gasteiger partial charge in [-0.15, -0.1) is 5.10 Å². The van der Waals surface area contributed by atoms with Crippen molar-refractivity contribution in [1.82, 2.24) is 25.5 Å². The zero-order valence-electron chi connectivity index (χ0n) is 9.98. The van der Waals surface area contributed by atoms with Gasteiger partial charge in [-0.3, -0.25) is 0 Å². The van der Waals surface area contributed by atoms with Crippen LogP contribution in [-0.4, -0.2) is 27.3 Å². The molecule has 0 spiro atoms. The first-order chi connectivity index (χ1) is 8.11. The average Bonchev–Trinajstić information content (AvgIpc) is 2.75. The van der Waals surface area contributed by atoms with E-state index in [4.69, 9.17) is 0 Å². The quantitative estimate of drug-likeness (QED) is 0.873. The number of aromatic nitrogens is 4. The number of rotatable bonds is 3. The molecule has 5 nitrogen and oxygen atoms in total. The van der Waals surface area contributed by atoms with Crippen LogP contribution in [0.1, 0.15) is 24.4 Å². The van der Waals surface area contributed by atoms with Gasteiger partial charge >= 0.3 is 0 Å². The molecule has 0 fully saturated rings. The zero-order valence-corrected chi connectivity index (χ0v) is 9.98. The fourth-order valence-corrected chi connectivity index (χ4v) is 1.62. The van der Waals surface area contributed by atoms with Crippen molar-refractivity contribution in [2.75, 3.05) is 7.05 Å². The summed E-state index contributed by atoms with van der Waals surface area (Å²) >= 11 is 0. The molecule has 1 N–H and O–H groups in total. The Morgan fingerprint density at radius 3 is 2.76 bits per heavy atom. The number of hydrogen-bond donors (Lipinski definition) is 1. The van der Waals surface area contributed by atoms with Crippen LogP contribution in [0.3, 0.4) is 0 Å². The van der Waals surface area contributed by atoms with E-state index in [1.54, 1.807) is 0 Å². The molecule has 6 heteroatoms. The molecule has 1 aromatic heterocycles. The van der Waals surface area contributed by atoms with E-state index in [2.05, 4.69) is 20.8 Å². The second-order valence-corrected chi connectivity index (χ2v) is 3.95. The summed E-state index contributed by atoms with van der Waals surface area (Å²) in [7, 11) is 1.82. The summed E-state index contributed by atoms with van der Waals surface area (Å²) in [6.45, 7) is 3.77. The minimum absolute atomic E-state index is 0.00595. The van der Waals surface area contributed by atoms with E-state index in [1.165, 1.54) is 16.8 Å². The Labute approximate surface area is 98.6 Å². The SMILES string of the molecule is CNC(C)c1nnnn1-c1cc(C)cc(F)c1. The lowest BCUT2D eigenvalue weighted by molar-refractivity contribution is 0.584. The highest BCUT2D eigenvalue weighted by Crippen LogP contribution is 2.16. The lowest BCUT2D eigenvalue weighted by Gasteiger charge is -2.10. The Morgan fingerprint density at radius 1 is 1.35 bits per heavy atom. The van der Waals surface area contributed by atoms with Crippen LogP contribution >= 0.6 is 0 Å². The monoisotopic (exact) mass is 235 g/mol. The third kappa shape index (κ3) is 2.31. The molecule has 0 amide bonds. The van der Waals surface area contributed by atoms with E-state index in [9.17, 15) is 4.39 Å². The Morgan fingerprint density at radius 2 is 2.12 bits per heavy atom. The van der Waals surface area contributed by atoms with Crippen LogP contribution in [0, 0.1) is 12.7 Å². The van der Waals surface area contributed by atoms with Crippen molar-refractivity contribution in [1.29, 1.82) is 0 Å². The summed E-state index contributed by atoms with van der Waals surface area (Å²) in [6, 6.07) is 4.71. The normalized spacial score (nSPS) is 12.7. The van der Waals surface area contributed by atoms with E-state index >= 15 is 0 Å². The van der Waals surface area contributed by atoms with Gasteiger partial charge in [0.05, 0.1) is 11.7 Å². The maximum atomic E-state index is 13.3. The van der Waals surface area contributed by atoms with E-state index in [1.807, 2.05) is 27.0 Å². The molecule has 0 saturated heterocycles. The Bertz CT molecular complexity index is 502. The van der Waals surface area contributed by atoms with Gasteiger partial charge in [-0.2, -0.15) is 4.68 Å². The third-order valence-corrected chi connectivity index (χ3v) is 2.59. The van der Waals surface area contributed by atoms with Crippen LogP contribution in [0.2, 0.25) is 0 Å². The molecule has 90 valence electrons. The fourth-order valence-electron chi connectivity index (χ4n) is 1.62. The summed E-state index contributed by atoms with van der Waals surface area (Å²) < 4.78 is 14.9. The number of tetrazole rings is 1. The first-order valence-corrected chi connectivity index (χ1v) is 5.35. The van der Waals surface area contributed by atoms with Gasteiger partial charge in [-0.05, 0) is 55.1 Å². The van der Waals surface area contributed by atoms with Crippen molar-refractivity contribution < 1.29 is 4.39 Å². The van der Waals surface area contributed by atoms with Crippen molar-refractivity contribution in [3.05, 3.63) is 35.4 Å². The van der Waals surface area contributed by atoms with Gasteiger partial charge in [0.1, 0.15) is 5.82 Å². The summed E-state index contributed by atoms with van der Waals surface area (Å²) in [6.07, 6.45) is 0. The highest BCUT2D eigenvalue weighted by atomic mass is 19.1. The minimum Gasteiger partial charge on any atom is -0.311 e. The molecule has 1 heterocycles. The van der Waals surface area contributed by atoms with Crippen molar-refractivity contribution in [2.45, 2.75) is 19.9 Å². The van der Waals surface area contributed by atoms with Crippen molar-refractivity contribution in [3.63, 3.8) is 0 Å². The predicted octanol–water partition coefficient (Wildman–Crippen LogP) is 1.39. The maximum Gasteiger partial charge on any atom is 0.173 e. The molecular weight excluding hydrogens is 221 g/mol. The Hall–Kier alpha value is -1.82. The standard InChI is InChI=1S/C11H14FN5/c1-7-4-9(12)6-10(5-7)17-11(8(2)13-3)14-15-16-17/h4-6,8,13H,1-3H3. The second-order valence-electron chi connectivity index (χ2n) is 3.95. The van der Waals surface area contributed by atoms with Gasteiger partial charge in [0.2, 0.25) is 0 Å². The summed E-state index contributed by atoms with van der Waals surface area (Å²) in [4.78, 5) is 0. The minimum atomic E-state index is -0.293. The van der Waals surface area contributed by atoms with Crippen LogP contribution in [0.4, 0.5) is 4.39 Å². The topological polar surface area (TPSA) is 55.6 Å². The fraction of sp³-hybridized carbons (Fsp3) is 0.364. The van der Waals surface area contributed by atoms with Crippen LogP contribution in [0.5, 0.6) is 0 Å². The molecule has 0 aliphatic rings. The number of halogens is 1. The van der Waals surface area contributed by atoms with Gasteiger partial charge in [-0.1, -0.05) is 0 Å². The number of nitrogens with one attached hydrogen (secondary N) is 1. The van der Waals surface area contributed by atoms with Crippen LogP contribution in [-0.2, 0) is 0 Å². The molecule has 2 aromatic rings. The lowest BCUT2D eigenvalue weighted by atomic mass is 10.2. The molecule has 1 atom stereocenters. The average molecular weight is 235 g/mol. The third-order valence-electron chi connectivity index (χ3n) is 2.59. The number of nitrogens with zero attached hydrogens (tertiary/aromatic N) is 4. The maximum absolute atomic E-state index is 13.3. The summed E-state index contributed by atoms with van der Waals surface area (Å²) in [5.41, 5.74) is 1.46. The first-order valence-electron chi connectivity index (χ1n) is 5.35. The smallest absolute Gasteiger partial charge is 0.173 e. The molecule has 0 aliphatic carbocycles. The zero-order chi connectivity index (χ0) is 12.4. The van der Waals surface area contributed by atoms with Gasteiger partial charge in [-0.25, -0.2) is 4.39 Å². The highest BCUT2D eigenvalue weighted by molar-refractivity contribution is 5.36.